The average Bonchev–Trinajstić information content (AvgIpc) is 3.04. The minimum absolute atomic E-state index is 0.0938. The van der Waals surface area contributed by atoms with Crippen LogP contribution >= 0.6 is 0 Å². The second-order valence-electron chi connectivity index (χ2n) is 7.24. The summed E-state index contributed by atoms with van der Waals surface area (Å²) >= 11 is 0. The highest BCUT2D eigenvalue weighted by Crippen LogP contribution is 2.35. The molecule has 1 saturated carbocycles. The molecular weight excluding hydrogens is 321 g/mol. The Kier molecular flexibility index (Phi) is 4.33. The fraction of sp³-hybridized carbons (Fsp3) is 0.556. The molecule has 0 amide bonds. The topological polar surface area (TPSA) is 64.0 Å². The molecule has 0 spiro atoms. The predicted molar refractivity (Wildman–Crippen MR) is 93.4 cm³/mol. The fourth-order valence-electron chi connectivity index (χ4n) is 3.88. The molecule has 2 N–H and O–H groups in total. The lowest BCUT2D eigenvalue weighted by atomic mass is 9.94. The Balaban J connectivity index is 1.55. The van der Waals surface area contributed by atoms with Crippen molar-refractivity contribution in [2.24, 2.45) is 11.8 Å². The Bertz CT molecular complexity index is 731. The third-order valence-electron chi connectivity index (χ3n) is 5.13. The predicted octanol–water partition coefficient (Wildman–Crippen LogP) is 3.20. The van der Waals surface area contributed by atoms with Crippen LogP contribution in [0.15, 0.2) is 24.3 Å². The van der Waals surface area contributed by atoms with Crippen molar-refractivity contribution in [1.29, 1.82) is 0 Å². The molecule has 2 aromatic rings. The standard InChI is InChI=1S/C18H24FN5O/c1-11(2)24-18(25-15-5-3-4-14(19)8-15)22-17(23-24)21-16-12-6-7-13(16)10-20-9-12/h3-5,8,11-13,16,20H,6-7,9-10H2,1-2H3,(H,21,23)/t12-,13+,16-. The summed E-state index contributed by atoms with van der Waals surface area (Å²) in [4.78, 5) is 4.52. The summed E-state index contributed by atoms with van der Waals surface area (Å²) in [7, 11) is 0. The number of ether oxygens (including phenoxy) is 1. The van der Waals surface area contributed by atoms with Crippen molar-refractivity contribution >= 4 is 5.95 Å². The maximum atomic E-state index is 13.4. The first-order valence-electron chi connectivity index (χ1n) is 8.97. The van der Waals surface area contributed by atoms with Gasteiger partial charge in [0.25, 0.3) is 0 Å². The second-order valence-corrected chi connectivity index (χ2v) is 7.24. The highest BCUT2D eigenvalue weighted by atomic mass is 19.1. The minimum Gasteiger partial charge on any atom is -0.424 e. The Hall–Kier alpha value is -2.15. The minimum atomic E-state index is -0.335. The van der Waals surface area contributed by atoms with Crippen molar-refractivity contribution in [2.75, 3.05) is 18.4 Å². The number of fused-ring (bicyclic) bond motifs is 2. The molecule has 2 fully saturated rings. The van der Waals surface area contributed by atoms with Gasteiger partial charge in [0.1, 0.15) is 11.6 Å². The normalized spacial score (nSPS) is 25.4. The van der Waals surface area contributed by atoms with Crippen LogP contribution in [0.25, 0.3) is 0 Å². The molecule has 1 aliphatic heterocycles. The maximum Gasteiger partial charge on any atom is 0.322 e. The quantitative estimate of drug-likeness (QED) is 0.871. The summed E-state index contributed by atoms with van der Waals surface area (Å²) in [6, 6.07) is 6.95. The summed E-state index contributed by atoms with van der Waals surface area (Å²) in [6.07, 6.45) is 2.49. The molecule has 3 atom stereocenters. The van der Waals surface area contributed by atoms with E-state index < -0.39 is 0 Å². The number of anilines is 1. The fourth-order valence-corrected chi connectivity index (χ4v) is 3.88. The van der Waals surface area contributed by atoms with Crippen LogP contribution in [0.4, 0.5) is 10.3 Å². The largest absolute Gasteiger partial charge is 0.424 e. The van der Waals surface area contributed by atoms with Crippen LogP contribution in [-0.4, -0.2) is 33.9 Å². The zero-order valence-electron chi connectivity index (χ0n) is 14.6. The molecule has 1 aromatic carbocycles. The smallest absolute Gasteiger partial charge is 0.322 e. The number of nitrogens with zero attached hydrogens (tertiary/aromatic N) is 3. The number of hydrogen-bond acceptors (Lipinski definition) is 5. The van der Waals surface area contributed by atoms with Crippen LogP contribution in [0.5, 0.6) is 11.8 Å². The Morgan fingerprint density at radius 2 is 2.04 bits per heavy atom. The third kappa shape index (κ3) is 3.33. The van der Waals surface area contributed by atoms with Crippen LogP contribution in [0.3, 0.4) is 0 Å². The first-order chi connectivity index (χ1) is 12.1. The van der Waals surface area contributed by atoms with E-state index in [1.54, 1.807) is 16.8 Å². The zero-order chi connectivity index (χ0) is 17.4. The molecule has 25 heavy (non-hydrogen) atoms. The molecule has 2 heterocycles. The number of hydrogen-bond donors (Lipinski definition) is 2. The van der Waals surface area contributed by atoms with Gasteiger partial charge < -0.3 is 15.4 Å². The van der Waals surface area contributed by atoms with Gasteiger partial charge in [-0.25, -0.2) is 9.07 Å². The van der Waals surface area contributed by atoms with Gasteiger partial charge in [0.05, 0.1) is 6.04 Å². The van der Waals surface area contributed by atoms with Crippen molar-refractivity contribution in [2.45, 2.75) is 38.8 Å². The lowest BCUT2D eigenvalue weighted by Gasteiger charge is -2.30. The molecule has 2 bridgehead atoms. The van der Waals surface area contributed by atoms with Gasteiger partial charge in [-0.1, -0.05) is 6.07 Å². The summed E-state index contributed by atoms with van der Waals surface area (Å²) in [6.45, 7) is 6.13. The van der Waals surface area contributed by atoms with Gasteiger partial charge in [-0.3, -0.25) is 0 Å². The Morgan fingerprint density at radius 3 is 2.72 bits per heavy atom. The van der Waals surface area contributed by atoms with Crippen molar-refractivity contribution < 1.29 is 9.13 Å². The molecule has 7 heteroatoms. The monoisotopic (exact) mass is 345 g/mol. The van der Waals surface area contributed by atoms with E-state index in [0.717, 1.165) is 13.1 Å². The van der Waals surface area contributed by atoms with Crippen molar-refractivity contribution in [3.63, 3.8) is 0 Å². The molecule has 1 aliphatic carbocycles. The second kappa shape index (κ2) is 6.63. The van der Waals surface area contributed by atoms with Gasteiger partial charge >= 0.3 is 6.01 Å². The molecular formula is C18H24FN5O. The van der Waals surface area contributed by atoms with Gasteiger partial charge in [0, 0.05) is 12.1 Å². The first kappa shape index (κ1) is 16.3. The molecule has 134 valence electrons. The van der Waals surface area contributed by atoms with Crippen molar-refractivity contribution in [3.8, 4) is 11.8 Å². The van der Waals surface area contributed by atoms with E-state index in [4.69, 9.17) is 4.74 Å². The molecule has 4 rings (SSSR count). The van der Waals surface area contributed by atoms with Gasteiger partial charge in [-0.15, -0.1) is 5.10 Å². The van der Waals surface area contributed by atoms with Crippen LogP contribution < -0.4 is 15.4 Å². The molecule has 1 aromatic heterocycles. The van der Waals surface area contributed by atoms with Gasteiger partial charge in [-0.2, -0.15) is 4.98 Å². The number of benzene rings is 1. The zero-order valence-corrected chi connectivity index (χ0v) is 14.6. The molecule has 1 saturated heterocycles. The van der Waals surface area contributed by atoms with Gasteiger partial charge in [0.15, 0.2) is 0 Å². The number of rotatable bonds is 5. The van der Waals surface area contributed by atoms with Gasteiger partial charge in [-0.05, 0) is 63.7 Å². The maximum absolute atomic E-state index is 13.4. The van der Waals surface area contributed by atoms with Gasteiger partial charge in [0.2, 0.25) is 5.95 Å². The number of nitrogens with one attached hydrogen (secondary N) is 2. The number of halogens is 1. The summed E-state index contributed by atoms with van der Waals surface area (Å²) in [5.74, 6) is 1.92. The van der Waals surface area contributed by atoms with Crippen LogP contribution in [0.1, 0.15) is 32.7 Å². The highest BCUT2D eigenvalue weighted by Gasteiger charge is 2.39. The molecule has 0 unspecified atom stereocenters. The molecule has 6 nitrogen and oxygen atoms in total. The van der Waals surface area contributed by atoms with Crippen LogP contribution in [0, 0.1) is 17.7 Å². The third-order valence-corrected chi connectivity index (χ3v) is 5.13. The van der Waals surface area contributed by atoms with Crippen LogP contribution in [0.2, 0.25) is 0 Å². The lowest BCUT2D eigenvalue weighted by molar-refractivity contribution is 0.341. The van der Waals surface area contributed by atoms with E-state index in [1.807, 2.05) is 13.8 Å². The molecule has 2 aliphatic rings. The Morgan fingerprint density at radius 1 is 1.28 bits per heavy atom. The Labute approximate surface area is 146 Å². The van der Waals surface area contributed by atoms with Crippen LogP contribution in [-0.2, 0) is 0 Å². The van der Waals surface area contributed by atoms with E-state index >= 15 is 0 Å². The number of aromatic nitrogens is 3. The van der Waals surface area contributed by atoms with E-state index in [2.05, 4.69) is 20.7 Å². The highest BCUT2D eigenvalue weighted by molar-refractivity contribution is 5.32. The number of piperidine rings is 1. The van der Waals surface area contributed by atoms with E-state index in [-0.39, 0.29) is 11.9 Å². The summed E-state index contributed by atoms with van der Waals surface area (Å²) in [5.41, 5.74) is 0. The summed E-state index contributed by atoms with van der Waals surface area (Å²) < 4.78 is 20.9. The van der Waals surface area contributed by atoms with Crippen molar-refractivity contribution in [1.82, 2.24) is 20.1 Å². The first-order valence-corrected chi connectivity index (χ1v) is 8.97. The van der Waals surface area contributed by atoms with Crippen molar-refractivity contribution in [3.05, 3.63) is 30.1 Å². The average molecular weight is 345 g/mol. The SMILES string of the molecule is CC(C)n1nc(N[C@@H]2[C@@H]3CC[C@H]2CNC3)nc1Oc1cccc(F)c1. The van der Waals surface area contributed by atoms with E-state index in [0.29, 0.717) is 35.6 Å². The van der Waals surface area contributed by atoms with E-state index in [1.165, 1.54) is 25.0 Å². The van der Waals surface area contributed by atoms with E-state index in [9.17, 15) is 4.39 Å². The summed E-state index contributed by atoms with van der Waals surface area (Å²) in [5, 5.41) is 11.6. The molecule has 0 radical (unpaired) electrons. The lowest BCUT2D eigenvalue weighted by Crippen LogP contribution is -2.45.